The Morgan fingerprint density at radius 1 is 1.38 bits per heavy atom. The second-order valence-electron chi connectivity index (χ2n) is 7.27. The molecule has 0 aliphatic heterocycles. The molecule has 2 rings (SSSR count). The number of methoxy groups -OCH3 is 1. The summed E-state index contributed by atoms with van der Waals surface area (Å²) < 4.78 is 10.7. The zero-order valence-corrected chi connectivity index (χ0v) is 15.5. The lowest BCUT2D eigenvalue weighted by molar-refractivity contribution is -0.143. The first kappa shape index (κ1) is 18.8. The Kier molecular flexibility index (Phi) is 5.92. The summed E-state index contributed by atoms with van der Waals surface area (Å²) in [6.07, 6.45) is 2.82. The van der Waals surface area contributed by atoms with Gasteiger partial charge in [0.2, 0.25) is 0 Å². The summed E-state index contributed by atoms with van der Waals surface area (Å²) in [6.45, 7) is 5.83. The molecule has 1 aliphatic carbocycles. The summed E-state index contributed by atoms with van der Waals surface area (Å²) in [5.41, 5.74) is 0.399. The number of benzene rings is 1. The number of ketones is 1. The third-order valence-electron chi connectivity index (χ3n) is 4.21. The van der Waals surface area contributed by atoms with Crippen LogP contribution in [0.1, 0.15) is 57.9 Å². The van der Waals surface area contributed by atoms with Crippen LogP contribution in [0.5, 0.6) is 5.75 Å². The third kappa shape index (κ3) is 4.73. The molecular weight excluding hydrogens is 328 g/mol. The van der Waals surface area contributed by atoms with E-state index in [1.165, 1.54) is 7.11 Å². The molecule has 2 atom stereocenters. The fourth-order valence-corrected chi connectivity index (χ4v) is 3.31. The fourth-order valence-electron chi connectivity index (χ4n) is 3.08. The van der Waals surface area contributed by atoms with E-state index < -0.39 is 5.92 Å². The molecule has 0 aromatic heterocycles. The van der Waals surface area contributed by atoms with E-state index in [-0.39, 0.29) is 23.3 Å². The Bertz CT molecular complexity index is 618. The van der Waals surface area contributed by atoms with Crippen molar-refractivity contribution in [3.63, 3.8) is 0 Å². The summed E-state index contributed by atoms with van der Waals surface area (Å²) in [7, 11) is 1.37. The first-order chi connectivity index (χ1) is 11.2. The van der Waals surface area contributed by atoms with Crippen molar-refractivity contribution >= 4 is 23.4 Å². The standard InChI is InChI=1S/C19H25ClO4/c1-19(2,3)24-17-9-8-12(11-15(17)20)14(18(22)23-4)10-13-6-5-7-16(13)21/h8-9,11,13-14H,5-7,10H2,1-4H3. The Morgan fingerprint density at radius 2 is 2.08 bits per heavy atom. The normalized spacial score (nSPS) is 19.2. The van der Waals surface area contributed by atoms with Crippen molar-refractivity contribution in [2.24, 2.45) is 5.92 Å². The van der Waals surface area contributed by atoms with Gasteiger partial charge in [-0.3, -0.25) is 9.59 Å². The molecule has 0 bridgehead atoms. The van der Waals surface area contributed by atoms with E-state index in [9.17, 15) is 9.59 Å². The third-order valence-corrected chi connectivity index (χ3v) is 4.51. The number of rotatable bonds is 5. The van der Waals surface area contributed by atoms with Gasteiger partial charge in [-0.15, -0.1) is 0 Å². The maximum Gasteiger partial charge on any atom is 0.313 e. The SMILES string of the molecule is COC(=O)C(CC1CCCC1=O)c1ccc(OC(C)(C)C)c(Cl)c1. The van der Waals surface area contributed by atoms with Gasteiger partial charge in [0.05, 0.1) is 18.1 Å². The molecule has 1 aliphatic rings. The van der Waals surface area contributed by atoms with Gasteiger partial charge in [0.1, 0.15) is 17.1 Å². The van der Waals surface area contributed by atoms with Crippen molar-refractivity contribution in [2.75, 3.05) is 7.11 Å². The van der Waals surface area contributed by atoms with Crippen LogP contribution in [-0.4, -0.2) is 24.5 Å². The van der Waals surface area contributed by atoms with E-state index in [0.29, 0.717) is 23.6 Å². The topological polar surface area (TPSA) is 52.6 Å². The van der Waals surface area contributed by atoms with Crippen LogP contribution in [0.25, 0.3) is 0 Å². The van der Waals surface area contributed by atoms with Crippen molar-refractivity contribution in [1.82, 2.24) is 0 Å². The number of ether oxygens (including phenoxy) is 2. The molecule has 0 heterocycles. The molecule has 0 spiro atoms. The van der Waals surface area contributed by atoms with Crippen LogP contribution in [0.3, 0.4) is 0 Å². The van der Waals surface area contributed by atoms with Crippen LogP contribution in [0.4, 0.5) is 0 Å². The second kappa shape index (κ2) is 7.56. The first-order valence-electron chi connectivity index (χ1n) is 8.30. The number of hydrogen-bond donors (Lipinski definition) is 0. The van der Waals surface area contributed by atoms with Gasteiger partial charge in [0.15, 0.2) is 0 Å². The molecule has 1 aromatic rings. The molecule has 0 amide bonds. The molecule has 5 heteroatoms. The van der Waals surface area contributed by atoms with Crippen LogP contribution < -0.4 is 4.74 Å². The van der Waals surface area contributed by atoms with Gasteiger partial charge in [-0.1, -0.05) is 17.7 Å². The molecule has 1 aromatic carbocycles. The summed E-state index contributed by atoms with van der Waals surface area (Å²) in [5, 5.41) is 0.453. The quantitative estimate of drug-likeness (QED) is 0.730. The maximum atomic E-state index is 12.2. The van der Waals surface area contributed by atoms with Gasteiger partial charge in [0, 0.05) is 12.3 Å². The van der Waals surface area contributed by atoms with Crippen molar-refractivity contribution in [1.29, 1.82) is 0 Å². The number of carbonyl (C=O) groups excluding carboxylic acids is 2. The molecule has 1 fully saturated rings. The number of hydrogen-bond acceptors (Lipinski definition) is 4. The lowest BCUT2D eigenvalue weighted by Gasteiger charge is -2.23. The minimum absolute atomic E-state index is 0.0709. The number of Topliss-reactive ketones (excluding diaryl/α,β-unsaturated/α-hetero) is 1. The maximum absolute atomic E-state index is 12.2. The van der Waals surface area contributed by atoms with Gasteiger partial charge < -0.3 is 9.47 Å². The average molecular weight is 353 g/mol. The lowest BCUT2D eigenvalue weighted by atomic mass is 9.87. The zero-order chi connectivity index (χ0) is 17.9. The number of carbonyl (C=O) groups is 2. The van der Waals surface area contributed by atoms with Crippen molar-refractivity contribution < 1.29 is 19.1 Å². The predicted octanol–water partition coefficient (Wildman–Crippen LogP) is 4.53. The Morgan fingerprint density at radius 3 is 2.58 bits per heavy atom. The molecule has 24 heavy (non-hydrogen) atoms. The van der Waals surface area contributed by atoms with Crippen LogP contribution in [0.2, 0.25) is 5.02 Å². The predicted molar refractivity (Wildman–Crippen MR) is 93.6 cm³/mol. The molecule has 0 saturated heterocycles. The summed E-state index contributed by atoms with van der Waals surface area (Å²) in [5.74, 6) is -0.0759. The van der Waals surface area contributed by atoms with Crippen molar-refractivity contribution in [3.05, 3.63) is 28.8 Å². The molecule has 0 radical (unpaired) electrons. The van der Waals surface area contributed by atoms with E-state index in [2.05, 4.69) is 0 Å². The molecule has 4 nitrogen and oxygen atoms in total. The van der Waals surface area contributed by atoms with Gasteiger partial charge in [-0.2, -0.15) is 0 Å². The van der Waals surface area contributed by atoms with E-state index in [1.54, 1.807) is 12.1 Å². The summed E-state index contributed by atoms with van der Waals surface area (Å²) in [6, 6.07) is 5.34. The average Bonchev–Trinajstić information content (AvgIpc) is 2.90. The van der Waals surface area contributed by atoms with E-state index in [0.717, 1.165) is 18.4 Å². The second-order valence-corrected chi connectivity index (χ2v) is 7.68. The monoisotopic (exact) mass is 352 g/mol. The molecule has 2 unspecified atom stereocenters. The van der Waals surface area contributed by atoms with Crippen LogP contribution >= 0.6 is 11.6 Å². The first-order valence-corrected chi connectivity index (χ1v) is 8.68. The van der Waals surface area contributed by atoms with E-state index >= 15 is 0 Å². The molecule has 132 valence electrons. The largest absolute Gasteiger partial charge is 0.487 e. The smallest absolute Gasteiger partial charge is 0.313 e. The highest BCUT2D eigenvalue weighted by atomic mass is 35.5. The van der Waals surface area contributed by atoms with Crippen LogP contribution in [0, 0.1) is 5.92 Å². The fraction of sp³-hybridized carbons (Fsp3) is 0.579. The summed E-state index contributed by atoms with van der Waals surface area (Å²) in [4.78, 5) is 24.2. The number of esters is 1. The number of halogens is 1. The summed E-state index contributed by atoms with van der Waals surface area (Å²) >= 11 is 6.33. The molecular formula is C19H25ClO4. The highest BCUT2D eigenvalue weighted by molar-refractivity contribution is 6.32. The minimum atomic E-state index is -0.483. The highest BCUT2D eigenvalue weighted by Crippen LogP contribution is 2.36. The van der Waals surface area contributed by atoms with Gasteiger partial charge in [-0.25, -0.2) is 0 Å². The van der Waals surface area contributed by atoms with E-state index in [4.69, 9.17) is 21.1 Å². The zero-order valence-electron chi connectivity index (χ0n) is 14.7. The molecule has 1 saturated carbocycles. The van der Waals surface area contributed by atoms with Gasteiger partial charge >= 0.3 is 5.97 Å². The van der Waals surface area contributed by atoms with Crippen molar-refractivity contribution in [2.45, 2.75) is 58.0 Å². The minimum Gasteiger partial charge on any atom is -0.487 e. The van der Waals surface area contributed by atoms with E-state index in [1.807, 2.05) is 26.8 Å². The highest BCUT2D eigenvalue weighted by Gasteiger charge is 2.32. The van der Waals surface area contributed by atoms with Gasteiger partial charge in [-0.05, 0) is 57.7 Å². The Balaban J connectivity index is 2.24. The lowest BCUT2D eigenvalue weighted by Crippen LogP contribution is -2.23. The molecule has 0 N–H and O–H groups in total. The van der Waals surface area contributed by atoms with Gasteiger partial charge in [0.25, 0.3) is 0 Å². The van der Waals surface area contributed by atoms with Crippen molar-refractivity contribution in [3.8, 4) is 5.75 Å². The van der Waals surface area contributed by atoms with Crippen LogP contribution in [-0.2, 0) is 14.3 Å². The Labute approximate surface area is 148 Å². The van der Waals surface area contributed by atoms with Crippen LogP contribution in [0.15, 0.2) is 18.2 Å². The Hall–Kier alpha value is -1.55.